The van der Waals surface area contributed by atoms with Crippen LogP contribution in [0.4, 0.5) is 5.82 Å². The van der Waals surface area contributed by atoms with Crippen molar-refractivity contribution in [3.05, 3.63) is 29.7 Å². The van der Waals surface area contributed by atoms with Gasteiger partial charge in [-0.1, -0.05) is 20.8 Å². The van der Waals surface area contributed by atoms with Crippen molar-refractivity contribution in [2.24, 2.45) is 0 Å². The number of nitrogens with one attached hydrogen (secondary N) is 1. The van der Waals surface area contributed by atoms with Crippen LogP contribution in [0.15, 0.2) is 12.4 Å². The molecule has 0 aromatic carbocycles. The van der Waals surface area contributed by atoms with E-state index < -0.39 is 0 Å². The van der Waals surface area contributed by atoms with Gasteiger partial charge in [0.15, 0.2) is 0 Å². The van der Waals surface area contributed by atoms with Gasteiger partial charge >= 0.3 is 0 Å². The summed E-state index contributed by atoms with van der Waals surface area (Å²) in [5, 5.41) is 16.5. The first kappa shape index (κ1) is 15.0. The lowest BCUT2D eigenvalue weighted by Gasteiger charge is -2.26. The van der Waals surface area contributed by atoms with Crippen LogP contribution in [0.5, 0.6) is 0 Å². The van der Waals surface area contributed by atoms with Crippen LogP contribution < -0.4 is 5.32 Å². The lowest BCUT2D eigenvalue weighted by atomic mass is 10.1. The number of aryl methyl sites for hydroxylation is 2. The number of rotatable bonds is 4. The van der Waals surface area contributed by atoms with E-state index >= 15 is 0 Å². The van der Waals surface area contributed by atoms with Crippen molar-refractivity contribution >= 4 is 11.6 Å². The van der Waals surface area contributed by atoms with Crippen molar-refractivity contribution in [2.75, 3.05) is 5.32 Å². The van der Waals surface area contributed by atoms with Gasteiger partial charge in [-0.3, -0.25) is 0 Å². The summed E-state index contributed by atoms with van der Waals surface area (Å²) in [4.78, 5) is 8.81. The van der Waals surface area contributed by atoms with Gasteiger partial charge in [0.1, 0.15) is 23.8 Å². The molecule has 8 nitrogen and oxygen atoms in total. The Labute approximate surface area is 140 Å². The Bertz CT molecular complexity index is 849. The molecule has 4 rings (SSSR count). The van der Waals surface area contributed by atoms with E-state index in [2.05, 4.69) is 62.0 Å². The zero-order chi connectivity index (χ0) is 16.7. The molecule has 1 atom stereocenters. The van der Waals surface area contributed by atoms with Crippen LogP contribution in [0.1, 0.15) is 50.5 Å². The molecule has 0 bridgehead atoms. The number of hydrogen-bond acceptors (Lipinski definition) is 6. The number of nitrogens with zero attached hydrogens (tertiary/aromatic N) is 7. The Morgan fingerprint density at radius 2 is 2.21 bits per heavy atom. The van der Waals surface area contributed by atoms with E-state index in [1.165, 1.54) is 0 Å². The molecular formula is C16H22N8. The fraction of sp³-hybridized carbons (Fsp3) is 0.562. The third-order valence-electron chi connectivity index (χ3n) is 4.55. The molecule has 0 fully saturated rings. The van der Waals surface area contributed by atoms with E-state index in [4.69, 9.17) is 0 Å². The highest BCUT2D eigenvalue weighted by molar-refractivity contribution is 5.46. The average molecular weight is 326 g/mol. The Morgan fingerprint density at radius 3 is 3.00 bits per heavy atom. The average Bonchev–Trinajstić information content (AvgIpc) is 3.20. The summed E-state index contributed by atoms with van der Waals surface area (Å²) in [5.74, 6) is 4.07. The Kier molecular flexibility index (Phi) is 3.66. The van der Waals surface area contributed by atoms with Crippen molar-refractivity contribution in [1.82, 2.24) is 34.3 Å². The summed E-state index contributed by atoms with van der Waals surface area (Å²) in [6.45, 7) is 7.26. The van der Waals surface area contributed by atoms with Gasteiger partial charge in [-0.2, -0.15) is 14.6 Å². The molecule has 24 heavy (non-hydrogen) atoms. The summed E-state index contributed by atoms with van der Waals surface area (Å²) in [6.07, 6.45) is 4.41. The van der Waals surface area contributed by atoms with E-state index in [0.29, 0.717) is 17.7 Å². The van der Waals surface area contributed by atoms with E-state index in [9.17, 15) is 0 Å². The summed E-state index contributed by atoms with van der Waals surface area (Å²) >= 11 is 0. The molecule has 0 spiro atoms. The molecule has 4 heterocycles. The van der Waals surface area contributed by atoms with Gasteiger partial charge in [-0.15, -0.1) is 10.2 Å². The highest BCUT2D eigenvalue weighted by atomic mass is 15.4. The first-order valence-electron chi connectivity index (χ1n) is 8.54. The lowest BCUT2D eigenvalue weighted by Crippen LogP contribution is -2.33. The molecule has 126 valence electrons. The van der Waals surface area contributed by atoms with E-state index in [1.54, 1.807) is 10.8 Å². The van der Waals surface area contributed by atoms with Gasteiger partial charge in [-0.05, 0) is 12.3 Å². The maximum Gasteiger partial charge on any atom is 0.254 e. The Balaban J connectivity index is 1.64. The van der Waals surface area contributed by atoms with Gasteiger partial charge in [0.05, 0.1) is 5.69 Å². The summed E-state index contributed by atoms with van der Waals surface area (Å²) < 4.78 is 4.01. The van der Waals surface area contributed by atoms with Crippen molar-refractivity contribution in [1.29, 1.82) is 0 Å². The molecule has 3 aromatic rings. The second-order valence-electron chi connectivity index (χ2n) is 6.57. The lowest BCUT2D eigenvalue weighted by molar-refractivity contribution is 0.464. The molecule has 0 saturated heterocycles. The van der Waals surface area contributed by atoms with Crippen molar-refractivity contribution in [2.45, 2.75) is 58.5 Å². The highest BCUT2D eigenvalue weighted by Gasteiger charge is 2.23. The molecule has 0 saturated carbocycles. The van der Waals surface area contributed by atoms with Gasteiger partial charge in [0.2, 0.25) is 0 Å². The van der Waals surface area contributed by atoms with Crippen LogP contribution in [0.2, 0.25) is 0 Å². The number of fused-ring (bicyclic) bond motifs is 2. The largest absolute Gasteiger partial charge is 0.365 e. The predicted molar refractivity (Wildman–Crippen MR) is 90.0 cm³/mol. The Hall–Kier alpha value is -2.51. The molecule has 8 heteroatoms. The van der Waals surface area contributed by atoms with Crippen LogP contribution in [-0.2, 0) is 19.4 Å². The maximum absolute atomic E-state index is 4.57. The van der Waals surface area contributed by atoms with Crippen LogP contribution in [0.25, 0.3) is 5.78 Å². The Morgan fingerprint density at radius 1 is 1.33 bits per heavy atom. The summed E-state index contributed by atoms with van der Waals surface area (Å²) in [6, 6.07) is 2.39. The molecule has 0 radical (unpaired) electrons. The smallest absolute Gasteiger partial charge is 0.254 e. The molecule has 0 aliphatic carbocycles. The van der Waals surface area contributed by atoms with E-state index in [1.807, 2.05) is 0 Å². The minimum Gasteiger partial charge on any atom is -0.365 e. The topological polar surface area (TPSA) is 85.8 Å². The third kappa shape index (κ3) is 2.51. The standard InChI is InChI=1S/C16H22N8/c1-4-13-21-22-14-6-5-11(8-23(13)14)19-15-7-12(10(2)3)20-16-17-9-18-24(15)16/h7,9-11,19H,4-6,8H2,1-3H3. The molecule has 1 N–H and O–H groups in total. The van der Waals surface area contributed by atoms with Crippen LogP contribution in [-0.4, -0.2) is 40.4 Å². The highest BCUT2D eigenvalue weighted by Crippen LogP contribution is 2.22. The fourth-order valence-electron chi connectivity index (χ4n) is 3.20. The maximum atomic E-state index is 4.57. The quantitative estimate of drug-likeness (QED) is 0.787. The van der Waals surface area contributed by atoms with Crippen molar-refractivity contribution in [3.8, 4) is 0 Å². The van der Waals surface area contributed by atoms with Gasteiger partial charge in [-0.25, -0.2) is 4.98 Å². The predicted octanol–water partition coefficient (Wildman–Crippen LogP) is 1.83. The summed E-state index contributed by atoms with van der Waals surface area (Å²) in [5.41, 5.74) is 1.02. The van der Waals surface area contributed by atoms with Gasteiger partial charge < -0.3 is 9.88 Å². The minimum atomic E-state index is 0.314. The van der Waals surface area contributed by atoms with Crippen molar-refractivity contribution in [3.63, 3.8) is 0 Å². The first-order chi connectivity index (χ1) is 11.7. The zero-order valence-corrected chi connectivity index (χ0v) is 14.3. The fourth-order valence-corrected chi connectivity index (χ4v) is 3.20. The molecule has 0 amide bonds. The van der Waals surface area contributed by atoms with E-state index in [-0.39, 0.29) is 0 Å². The number of hydrogen-bond donors (Lipinski definition) is 1. The van der Waals surface area contributed by atoms with Crippen molar-refractivity contribution < 1.29 is 0 Å². The first-order valence-corrected chi connectivity index (χ1v) is 8.54. The second kappa shape index (κ2) is 5.85. The SMILES string of the molecule is CCc1nnc2n1CC(Nc1cc(C(C)C)nc3ncnn13)CC2. The molecular weight excluding hydrogens is 304 g/mol. The molecule has 1 aliphatic rings. The van der Waals surface area contributed by atoms with Crippen LogP contribution in [0, 0.1) is 0 Å². The normalized spacial score (nSPS) is 17.4. The van der Waals surface area contributed by atoms with Gasteiger partial charge in [0.25, 0.3) is 5.78 Å². The van der Waals surface area contributed by atoms with E-state index in [0.717, 1.165) is 49.0 Å². The summed E-state index contributed by atoms with van der Waals surface area (Å²) in [7, 11) is 0. The third-order valence-corrected chi connectivity index (χ3v) is 4.55. The zero-order valence-electron chi connectivity index (χ0n) is 14.3. The van der Waals surface area contributed by atoms with Gasteiger partial charge in [0, 0.05) is 31.5 Å². The van der Waals surface area contributed by atoms with Crippen LogP contribution >= 0.6 is 0 Å². The molecule has 1 aliphatic heterocycles. The van der Waals surface area contributed by atoms with Crippen LogP contribution in [0.3, 0.4) is 0 Å². The minimum absolute atomic E-state index is 0.314. The monoisotopic (exact) mass is 326 g/mol. The number of anilines is 1. The molecule has 3 aromatic heterocycles. The number of aromatic nitrogens is 7. The second-order valence-corrected chi connectivity index (χ2v) is 6.57. The molecule has 1 unspecified atom stereocenters.